The zero-order chi connectivity index (χ0) is 31.5. The summed E-state index contributed by atoms with van der Waals surface area (Å²) in [5.41, 5.74) is 5.99. The normalized spacial score (nSPS) is 24.5. The maximum atomic E-state index is 13.8. The van der Waals surface area contributed by atoms with Gasteiger partial charge in [-0.05, 0) is 89.8 Å². The molecule has 5 aliphatic rings. The number of nitrogens with one attached hydrogen (secondary N) is 1. The Morgan fingerprint density at radius 2 is 1.71 bits per heavy atom. The van der Waals surface area contributed by atoms with E-state index in [-0.39, 0.29) is 46.7 Å². The zero-order valence-electron chi connectivity index (χ0n) is 26.2. The molecule has 3 saturated heterocycles. The average Bonchev–Trinajstić information content (AvgIpc) is 3.31. The van der Waals surface area contributed by atoms with Gasteiger partial charge in [-0.2, -0.15) is 0 Å². The molecule has 0 saturated carbocycles. The van der Waals surface area contributed by atoms with Crippen LogP contribution in [0, 0.1) is 16.6 Å². The summed E-state index contributed by atoms with van der Waals surface area (Å²) in [6.45, 7) is 9.16. The van der Waals surface area contributed by atoms with Crippen molar-refractivity contribution in [3.63, 3.8) is 0 Å². The van der Waals surface area contributed by atoms with Gasteiger partial charge in [0.25, 0.3) is 5.91 Å². The van der Waals surface area contributed by atoms with E-state index >= 15 is 0 Å². The van der Waals surface area contributed by atoms with E-state index in [1.54, 1.807) is 17.0 Å². The molecule has 2 aromatic rings. The largest absolute Gasteiger partial charge is 0.339 e. The van der Waals surface area contributed by atoms with Crippen molar-refractivity contribution in [2.24, 2.45) is 10.8 Å². The number of amides is 4. The molecule has 236 valence electrons. The van der Waals surface area contributed by atoms with Crippen molar-refractivity contribution in [1.82, 2.24) is 20.0 Å². The molecule has 1 atom stereocenters. The number of carbonyl (C=O) groups excluding carboxylic acids is 4. The zero-order valence-corrected chi connectivity index (χ0v) is 26.2. The number of hydrogen-bond donors (Lipinski definition) is 1. The van der Waals surface area contributed by atoms with Crippen molar-refractivity contribution in [3.8, 4) is 0 Å². The van der Waals surface area contributed by atoms with E-state index in [0.717, 1.165) is 92.7 Å². The van der Waals surface area contributed by atoms with Gasteiger partial charge in [0.15, 0.2) is 0 Å². The molecule has 45 heavy (non-hydrogen) atoms. The van der Waals surface area contributed by atoms with E-state index in [2.05, 4.69) is 30.1 Å². The number of allylic oxidation sites excluding steroid dienone is 1. The molecule has 1 unspecified atom stereocenters. The summed E-state index contributed by atoms with van der Waals surface area (Å²) in [7, 11) is 0. The first-order chi connectivity index (χ1) is 21.5. The van der Waals surface area contributed by atoms with Crippen molar-refractivity contribution < 1.29 is 23.6 Å². The lowest BCUT2D eigenvalue weighted by molar-refractivity contribution is -0.137. The minimum absolute atomic E-state index is 0.107. The molecule has 2 aromatic carbocycles. The molecule has 4 amide bonds. The van der Waals surface area contributed by atoms with Crippen molar-refractivity contribution in [1.29, 1.82) is 0 Å². The first-order valence-corrected chi connectivity index (χ1v) is 16.3. The summed E-state index contributed by atoms with van der Waals surface area (Å²) in [6, 6.07) is 11.9. The molecule has 1 spiro atoms. The standard InChI is InChI=1S/C36H41FN4O4/c1-35(2)12-11-28(29(18-35)24-4-6-26(37)7-5-24)33(44)40-15-13-36(14-16-40)21-39(22-36)19-23-3-8-27-25(17-23)20-41(34(27)45)30-9-10-31(42)38-32(30)43/h3-8,17,30H,9-16,18-22H2,1-2H3,(H,38,42,43). The highest BCUT2D eigenvalue weighted by atomic mass is 19.1. The SMILES string of the molecule is CC1(C)CCC(C(=O)N2CCC3(CC2)CN(Cc2ccc4c(c2)CN(C2CCC(=O)NC2=O)C4=O)C3)=C(c2ccc(F)cc2)C1. The number of hydrogen-bond acceptors (Lipinski definition) is 5. The van der Waals surface area contributed by atoms with E-state index in [1.165, 1.54) is 12.1 Å². The number of benzene rings is 2. The Morgan fingerprint density at radius 3 is 2.42 bits per heavy atom. The number of fused-ring (bicyclic) bond motifs is 1. The second kappa shape index (κ2) is 11.2. The fraction of sp³-hybridized carbons (Fsp3) is 0.500. The van der Waals surface area contributed by atoms with Crippen LogP contribution in [0.15, 0.2) is 48.0 Å². The Hall–Kier alpha value is -3.85. The lowest BCUT2D eigenvalue weighted by atomic mass is 9.70. The van der Waals surface area contributed by atoms with Crippen LogP contribution in [-0.4, -0.2) is 70.5 Å². The first-order valence-electron chi connectivity index (χ1n) is 16.3. The summed E-state index contributed by atoms with van der Waals surface area (Å²) in [5, 5.41) is 2.36. The van der Waals surface area contributed by atoms with Crippen LogP contribution in [0.3, 0.4) is 0 Å². The van der Waals surface area contributed by atoms with Crippen molar-refractivity contribution in [2.45, 2.75) is 77.9 Å². The van der Waals surface area contributed by atoms with E-state index < -0.39 is 6.04 Å². The van der Waals surface area contributed by atoms with Gasteiger partial charge in [0, 0.05) is 56.8 Å². The van der Waals surface area contributed by atoms with Gasteiger partial charge >= 0.3 is 0 Å². The predicted octanol–water partition coefficient (Wildman–Crippen LogP) is 4.68. The minimum Gasteiger partial charge on any atom is -0.339 e. The number of rotatable bonds is 5. The summed E-state index contributed by atoms with van der Waals surface area (Å²) in [5.74, 6) is -0.934. The van der Waals surface area contributed by atoms with Gasteiger partial charge in [-0.3, -0.25) is 29.4 Å². The molecule has 9 heteroatoms. The van der Waals surface area contributed by atoms with Gasteiger partial charge < -0.3 is 9.80 Å². The van der Waals surface area contributed by atoms with Crippen LogP contribution < -0.4 is 5.32 Å². The predicted molar refractivity (Wildman–Crippen MR) is 167 cm³/mol. The number of piperidine rings is 2. The Kier molecular flexibility index (Phi) is 7.42. The van der Waals surface area contributed by atoms with Crippen molar-refractivity contribution in [3.05, 3.63) is 76.1 Å². The molecular weight excluding hydrogens is 571 g/mol. The third-order valence-electron chi connectivity index (χ3n) is 10.7. The van der Waals surface area contributed by atoms with Gasteiger partial charge in [-0.1, -0.05) is 38.1 Å². The minimum atomic E-state index is -0.602. The van der Waals surface area contributed by atoms with Gasteiger partial charge in [0.1, 0.15) is 11.9 Å². The van der Waals surface area contributed by atoms with E-state index in [1.807, 2.05) is 17.0 Å². The van der Waals surface area contributed by atoms with E-state index in [0.29, 0.717) is 18.5 Å². The van der Waals surface area contributed by atoms with Crippen molar-refractivity contribution >= 4 is 29.2 Å². The second-order valence-corrected chi connectivity index (χ2v) is 14.6. The molecule has 0 bridgehead atoms. The smallest absolute Gasteiger partial charge is 0.255 e. The Morgan fingerprint density at radius 1 is 0.978 bits per heavy atom. The van der Waals surface area contributed by atoms with Crippen LogP contribution in [0.4, 0.5) is 4.39 Å². The van der Waals surface area contributed by atoms with Crippen LogP contribution in [0.25, 0.3) is 5.57 Å². The van der Waals surface area contributed by atoms with Gasteiger partial charge in [0.2, 0.25) is 17.7 Å². The lowest BCUT2D eigenvalue weighted by Crippen LogP contribution is -2.60. The fourth-order valence-electron chi connectivity index (χ4n) is 8.14. The molecule has 1 N–H and O–H groups in total. The highest BCUT2D eigenvalue weighted by Gasteiger charge is 2.46. The molecule has 0 aromatic heterocycles. The van der Waals surface area contributed by atoms with Crippen LogP contribution in [-0.2, 0) is 27.5 Å². The summed E-state index contributed by atoms with van der Waals surface area (Å²) in [4.78, 5) is 56.9. The third kappa shape index (κ3) is 5.71. The second-order valence-electron chi connectivity index (χ2n) is 14.6. The van der Waals surface area contributed by atoms with Crippen molar-refractivity contribution in [2.75, 3.05) is 26.2 Å². The Balaban J connectivity index is 0.953. The van der Waals surface area contributed by atoms with Crippen LogP contribution in [0.5, 0.6) is 0 Å². The highest BCUT2D eigenvalue weighted by molar-refractivity contribution is 6.05. The molecule has 8 nitrogen and oxygen atoms in total. The number of carbonyl (C=O) groups is 4. The Bertz CT molecular complexity index is 1600. The van der Waals surface area contributed by atoms with Crippen LogP contribution in [0.1, 0.15) is 85.8 Å². The molecule has 4 aliphatic heterocycles. The topological polar surface area (TPSA) is 90.0 Å². The summed E-state index contributed by atoms with van der Waals surface area (Å²) >= 11 is 0. The third-order valence-corrected chi connectivity index (χ3v) is 10.7. The maximum absolute atomic E-state index is 13.8. The number of nitrogens with zero attached hydrogens (tertiary/aromatic N) is 3. The van der Waals surface area contributed by atoms with Crippen LogP contribution in [0.2, 0.25) is 0 Å². The van der Waals surface area contributed by atoms with Crippen LogP contribution >= 0.6 is 0 Å². The van der Waals surface area contributed by atoms with Gasteiger partial charge in [-0.15, -0.1) is 0 Å². The molecule has 7 rings (SSSR count). The fourth-order valence-corrected chi connectivity index (χ4v) is 8.14. The first kappa shape index (κ1) is 29.8. The number of likely N-dealkylation sites (tertiary alicyclic amines) is 2. The molecule has 0 radical (unpaired) electrons. The monoisotopic (exact) mass is 612 g/mol. The lowest BCUT2D eigenvalue weighted by Gasteiger charge is -2.54. The highest BCUT2D eigenvalue weighted by Crippen LogP contribution is 2.45. The van der Waals surface area contributed by atoms with E-state index in [4.69, 9.17) is 0 Å². The van der Waals surface area contributed by atoms with Gasteiger partial charge in [-0.25, -0.2) is 4.39 Å². The number of imide groups is 1. The molecular formula is C36H41FN4O4. The molecule has 1 aliphatic carbocycles. The quantitative estimate of drug-likeness (QED) is 0.496. The van der Waals surface area contributed by atoms with E-state index in [9.17, 15) is 23.6 Å². The molecule has 3 fully saturated rings. The number of halogens is 1. The summed E-state index contributed by atoms with van der Waals surface area (Å²) in [6.07, 6.45) is 5.12. The average molecular weight is 613 g/mol. The summed E-state index contributed by atoms with van der Waals surface area (Å²) < 4.78 is 13.7. The molecule has 4 heterocycles. The Labute approximate surface area is 263 Å². The van der Waals surface area contributed by atoms with Gasteiger partial charge in [0.05, 0.1) is 0 Å². The maximum Gasteiger partial charge on any atom is 0.255 e.